The van der Waals surface area contributed by atoms with Crippen LogP contribution in [-0.4, -0.2) is 146 Å². The van der Waals surface area contributed by atoms with Crippen LogP contribution in [0.2, 0.25) is 0 Å². The number of methoxy groups -OCH3 is 2. The van der Waals surface area contributed by atoms with Gasteiger partial charge in [-0.1, -0.05) is 38.5 Å². The summed E-state index contributed by atoms with van der Waals surface area (Å²) < 4.78 is 42.2. The molecule has 3 aliphatic heterocycles. The van der Waals surface area contributed by atoms with Gasteiger partial charge in [0, 0.05) is 38.4 Å². The summed E-state index contributed by atoms with van der Waals surface area (Å²) in [5.74, 6) is -1.32. The zero-order chi connectivity index (χ0) is 39.6. The summed E-state index contributed by atoms with van der Waals surface area (Å²) in [7, 11) is 6.56. The number of hydrogen-bond acceptors (Lipinski definition) is 13. The third kappa shape index (κ3) is 12.2. The van der Waals surface area contributed by atoms with Gasteiger partial charge in [0.05, 0.1) is 37.1 Å². The predicted molar refractivity (Wildman–Crippen MR) is 199 cm³/mol. The molecule has 0 radical (unpaired) electrons. The SMILES string of the molecule is CC[C@H]1OC(=O)CC[C@H](C)[C@@H](O[C@@H]2O[C@H](C)[C@H](O)C(N(C)C)C2O)[C@@H](CCCl)C[C@@H](C)C(=O)/C=C/C(C)=C/[C@@H]1CO[C@@H]1OC(C)[C@@H](O)[C@H](OC)C1OC. The van der Waals surface area contributed by atoms with E-state index in [9.17, 15) is 24.9 Å². The molecule has 14 heteroatoms. The third-order valence-corrected chi connectivity index (χ3v) is 11.3. The molecule has 0 amide bonds. The second kappa shape index (κ2) is 21.7. The molecule has 2 saturated heterocycles. The van der Waals surface area contributed by atoms with Crippen molar-refractivity contribution in [2.24, 2.45) is 23.7 Å². The number of likely N-dealkylation sites (N-methyl/N-ethyl adjacent to an activating group) is 1. The van der Waals surface area contributed by atoms with Crippen LogP contribution in [0.25, 0.3) is 0 Å². The second-order valence-corrected chi connectivity index (χ2v) is 15.7. The Morgan fingerprint density at radius 2 is 1.55 bits per heavy atom. The molecule has 0 bridgehead atoms. The lowest BCUT2D eigenvalue weighted by Gasteiger charge is -2.46. The van der Waals surface area contributed by atoms with Crippen LogP contribution in [0.5, 0.6) is 0 Å². The number of esters is 1. The minimum Gasteiger partial charge on any atom is -0.462 e. The number of halogens is 1. The summed E-state index contributed by atoms with van der Waals surface area (Å²) in [6.45, 7) is 11.2. The Morgan fingerprint density at radius 1 is 0.906 bits per heavy atom. The topological polar surface area (TPSA) is 163 Å². The van der Waals surface area contributed by atoms with Crippen molar-refractivity contribution < 1.29 is 58.1 Å². The van der Waals surface area contributed by atoms with Crippen molar-refractivity contribution >= 4 is 23.4 Å². The van der Waals surface area contributed by atoms with Crippen molar-refractivity contribution in [2.45, 2.75) is 147 Å². The number of allylic oxidation sites excluding steroid dienone is 3. The average molecular weight is 776 g/mol. The number of aliphatic hydroxyl groups is 3. The molecule has 53 heavy (non-hydrogen) atoms. The van der Waals surface area contributed by atoms with Gasteiger partial charge in [-0.15, -0.1) is 11.6 Å². The summed E-state index contributed by atoms with van der Waals surface area (Å²) in [5.41, 5.74) is 0.787. The normalized spacial score (nSPS) is 42.9. The lowest BCUT2D eigenvalue weighted by atomic mass is 9.80. The quantitative estimate of drug-likeness (QED) is 0.206. The summed E-state index contributed by atoms with van der Waals surface area (Å²) in [5, 5.41) is 32.7. The van der Waals surface area contributed by atoms with Gasteiger partial charge in [0.15, 0.2) is 18.4 Å². The molecule has 3 N–H and O–H groups in total. The van der Waals surface area contributed by atoms with Crippen molar-refractivity contribution in [1.82, 2.24) is 4.90 Å². The Morgan fingerprint density at radius 3 is 2.15 bits per heavy atom. The van der Waals surface area contributed by atoms with Crippen LogP contribution < -0.4 is 0 Å². The Labute approximate surface area is 321 Å². The van der Waals surface area contributed by atoms with E-state index in [4.69, 9.17) is 44.8 Å². The molecule has 306 valence electrons. The van der Waals surface area contributed by atoms with Gasteiger partial charge in [-0.3, -0.25) is 9.59 Å². The maximum atomic E-state index is 13.5. The lowest BCUT2D eigenvalue weighted by molar-refractivity contribution is -0.304. The van der Waals surface area contributed by atoms with E-state index in [2.05, 4.69) is 0 Å². The first-order chi connectivity index (χ1) is 25.1. The molecular weight excluding hydrogens is 710 g/mol. The monoisotopic (exact) mass is 775 g/mol. The van der Waals surface area contributed by atoms with Crippen LogP contribution in [0.4, 0.5) is 0 Å². The summed E-state index contributed by atoms with van der Waals surface area (Å²) in [6.07, 6.45) is -1.29. The van der Waals surface area contributed by atoms with Crippen molar-refractivity contribution in [3.05, 3.63) is 23.8 Å². The first kappa shape index (κ1) is 45.9. The third-order valence-electron chi connectivity index (χ3n) is 11.1. The molecule has 0 saturated carbocycles. The largest absolute Gasteiger partial charge is 0.462 e. The van der Waals surface area contributed by atoms with Gasteiger partial charge in [0.2, 0.25) is 0 Å². The summed E-state index contributed by atoms with van der Waals surface area (Å²) in [6, 6.07) is -0.627. The zero-order valence-corrected chi connectivity index (χ0v) is 34.0. The van der Waals surface area contributed by atoms with Gasteiger partial charge in [-0.05, 0) is 78.5 Å². The fourth-order valence-electron chi connectivity index (χ4n) is 7.82. The van der Waals surface area contributed by atoms with Crippen LogP contribution in [0.1, 0.15) is 73.6 Å². The van der Waals surface area contributed by atoms with E-state index in [-0.39, 0.29) is 42.5 Å². The number of nitrogens with zero attached hydrogens (tertiary/aromatic N) is 1. The number of alkyl halides is 1. The predicted octanol–water partition coefficient (Wildman–Crippen LogP) is 3.63. The number of carbonyl (C=O) groups is 2. The number of hydrogen-bond donors (Lipinski definition) is 3. The smallest absolute Gasteiger partial charge is 0.306 e. The minimum absolute atomic E-state index is 0.0582. The Kier molecular flexibility index (Phi) is 18.8. The number of ketones is 1. The highest BCUT2D eigenvalue weighted by Crippen LogP contribution is 2.35. The van der Waals surface area contributed by atoms with Crippen LogP contribution >= 0.6 is 11.6 Å². The molecule has 3 heterocycles. The fourth-order valence-corrected chi connectivity index (χ4v) is 8.10. The van der Waals surface area contributed by atoms with Gasteiger partial charge in [0.1, 0.15) is 30.5 Å². The zero-order valence-electron chi connectivity index (χ0n) is 33.3. The first-order valence-electron chi connectivity index (χ1n) is 19.1. The molecule has 0 spiro atoms. The molecule has 0 aromatic heterocycles. The maximum Gasteiger partial charge on any atom is 0.306 e. The molecule has 0 aromatic carbocycles. The van der Waals surface area contributed by atoms with Crippen molar-refractivity contribution in [3.8, 4) is 0 Å². The van der Waals surface area contributed by atoms with Crippen LogP contribution in [0, 0.1) is 23.7 Å². The highest BCUT2D eigenvalue weighted by atomic mass is 35.5. The van der Waals surface area contributed by atoms with Crippen molar-refractivity contribution in [2.75, 3.05) is 40.8 Å². The first-order valence-corrected chi connectivity index (χ1v) is 19.6. The molecule has 0 aliphatic carbocycles. The Hall–Kier alpha value is -1.49. The van der Waals surface area contributed by atoms with Crippen molar-refractivity contribution in [3.63, 3.8) is 0 Å². The molecule has 3 aliphatic rings. The number of aliphatic hydroxyl groups excluding tert-OH is 3. The van der Waals surface area contributed by atoms with Crippen LogP contribution in [-0.2, 0) is 42.7 Å². The molecule has 0 aromatic rings. The van der Waals surface area contributed by atoms with Gasteiger partial charge >= 0.3 is 5.97 Å². The molecule has 2 fully saturated rings. The van der Waals surface area contributed by atoms with E-state index < -0.39 is 79.5 Å². The molecule has 4 unspecified atom stereocenters. The van der Waals surface area contributed by atoms with Gasteiger partial charge < -0.3 is 53.4 Å². The van der Waals surface area contributed by atoms with Gasteiger partial charge in [-0.2, -0.15) is 0 Å². The second-order valence-electron chi connectivity index (χ2n) is 15.3. The lowest BCUT2D eigenvalue weighted by Crippen LogP contribution is -2.63. The highest BCUT2D eigenvalue weighted by Gasteiger charge is 2.47. The Balaban J connectivity index is 1.92. The number of carbonyl (C=O) groups excluding carboxylic acids is 2. The van der Waals surface area contributed by atoms with Gasteiger partial charge in [0.25, 0.3) is 0 Å². The highest BCUT2D eigenvalue weighted by molar-refractivity contribution is 6.17. The van der Waals surface area contributed by atoms with E-state index in [1.807, 2.05) is 33.8 Å². The van der Waals surface area contributed by atoms with Crippen LogP contribution in [0.15, 0.2) is 23.8 Å². The van der Waals surface area contributed by atoms with E-state index in [0.29, 0.717) is 31.6 Å². The molecule has 3 rings (SSSR count). The minimum atomic E-state index is -1.15. The summed E-state index contributed by atoms with van der Waals surface area (Å²) >= 11 is 6.33. The molecule has 16 atom stereocenters. The van der Waals surface area contributed by atoms with Crippen molar-refractivity contribution in [1.29, 1.82) is 0 Å². The molecule has 13 nitrogen and oxygen atoms in total. The van der Waals surface area contributed by atoms with E-state index >= 15 is 0 Å². The summed E-state index contributed by atoms with van der Waals surface area (Å²) in [4.78, 5) is 28.8. The Bertz CT molecular complexity index is 1200. The van der Waals surface area contributed by atoms with Crippen LogP contribution in [0.3, 0.4) is 0 Å². The molecular formula is C39H66ClNO12. The van der Waals surface area contributed by atoms with E-state index in [1.54, 1.807) is 45.0 Å². The average Bonchev–Trinajstić information content (AvgIpc) is 3.11. The maximum absolute atomic E-state index is 13.5. The fraction of sp³-hybridized carbons (Fsp3) is 0.846. The standard InChI is InChI=1S/C39H66ClNO12/c1-11-29-27(20-49-39-37(48-10)36(47-9)33(45)25(6)51-39)18-21(2)12-14-28(42)23(4)19-26(16-17-40)35(22(3)13-15-30(43)52-29)53-38-34(46)31(41(7)8)32(44)24(5)50-38/h12,14,18,22-27,29,31-39,44-46H,11,13,15-17,19-20H2,1-10H3/b14-12+,21-18+/t22-,23+,24+,25?,26-,27+,29+,31?,32-,33+,34?,35+,36-,37?,38-,39+/m0/s1. The van der Waals surface area contributed by atoms with Gasteiger partial charge in [-0.25, -0.2) is 0 Å². The number of ether oxygens (including phenoxy) is 7. The van der Waals surface area contributed by atoms with E-state index in [1.165, 1.54) is 14.2 Å². The van der Waals surface area contributed by atoms with E-state index in [0.717, 1.165) is 5.57 Å². The number of rotatable bonds is 11. The number of cyclic esters (lactones) is 1.